The molecule has 6 nitrogen and oxygen atoms in total. The summed E-state index contributed by atoms with van der Waals surface area (Å²) < 4.78 is 11.9. The van der Waals surface area contributed by atoms with Crippen molar-refractivity contribution in [2.24, 2.45) is 34.2 Å². The molecule has 2 amide bonds. The number of hydrogen-bond acceptors (Lipinski definition) is 5. The molecule has 4 atom stereocenters. The molecule has 1 spiro atoms. The van der Waals surface area contributed by atoms with Crippen LogP contribution in [0.3, 0.4) is 0 Å². The van der Waals surface area contributed by atoms with E-state index < -0.39 is 0 Å². The molecular formula is C21H21IN2O4. The van der Waals surface area contributed by atoms with Crippen molar-refractivity contribution in [1.29, 1.82) is 0 Å². The van der Waals surface area contributed by atoms with Crippen LogP contribution < -0.4 is 9.47 Å². The van der Waals surface area contributed by atoms with E-state index in [-0.39, 0.29) is 40.9 Å². The molecule has 2 saturated carbocycles. The van der Waals surface area contributed by atoms with Gasteiger partial charge in [-0.3, -0.25) is 9.59 Å². The van der Waals surface area contributed by atoms with Gasteiger partial charge in [0.1, 0.15) is 0 Å². The first-order valence-corrected chi connectivity index (χ1v) is 10.7. The molecule has 1 saturated heterocycles. The van der Waals surface area contributed by atoms with Crippen LogP contribution in [0.4, 0.5) is 0 Å². The SMILES string of the molecule is CCOc1c(I)cc(/C=N\N2C(=O)[C@@H]3[C@H](C2=O)[C@H]2C=C[C@H]3C23CC3)cc1OC. The average molecular weight is 492 g/mol. The number of halogens is 1. The summed E-state index contributed by atoms with van der Waals surface area (Å²) in [6, 6.07) is 3.70. The maximum Gasteiger partial charge on any atom is 0.254 e. The summed E-state index contributed by atoms with van der Waals surface area (Å²) in [5.41, 5.74) is 0.955. The number of hydrogen-bond donors (Lipinski definition) is 0. The Balaban J connectivity index is 1.40. The maximum absolute atomic E-state index is 13.0. The van der Waals surface area contributed by atoms with Gasteiger partial charge in [-0.05, 0) is 77.3 Å². The predicted octanol–water partition coefficient (Wildman–Crippen LogP) is 3.23. The minimum absolute atomic E-state index is 0.151. The van der Waals surface area contributed by atoms with Crippen LogP contribution in [0.25, 0.3) is 0 Å². The number of rotatable bonds is 5. The second kappa shape index (κ2) is 6.30. The first-order chi connectivity index (χ1) is 13.5. The number of benzene rings is 1. The monoisotopic (exact) mass is 492 g/mol. The Morgan fingerprint density at radius 1 is 1.21 bits per heavy atom. The zero-order valence-corrected chi connectivity index (χ0v) is 17.9. The van der Waals surface area contributed by atoms with Crippen molar-refractivity contribution in [3.63, 3.8) is 0 Å². The molecule has 0 aromatic heterocycles. The fourth-order valence-electron chi connectivity index (χ4n) is 5.40. The van der Waals surface area contributed by atoms with E-state index in [0.29, 0.717) is 18.1 Å². The highest BCUT2D eigenvalue weighted by Gasteiger charge is 2.73. The van der Waals surface area contributed by atoms with Gasteiger partial charge in [0.15, 0.2) is 11.5 Å². The topological polar surface area (TPSA) is 68.2 Å². The van der Waals surface area contributed by atoms with E-state index in [2.05, 4.69) is 39.8 Å². The van der Waals surface area contributed by atoms with E-state index in [1.54, 1.807) is 19.4 Å². The van der Waals surface area contributed by atoms with Crippen molar-refractivity contribution in [2.75, 3.05) is 13.7 Å². The van der Waals surface area contributed by atoms with Gasteiger partial charge < -0.3 is 9.47 Å². The van der Waals surface area contributed by atoms with Crippen molar-refractivity contribution < 1.29 is 19.1 Å². The molecule has 1 aliphatic heterocycles. The van der Waals surface area contributed by atoms with Gasteiger partial charge in [-0.2, -0.15) is 10.1 Å². The molecule has 0 unspecified atom stereocenters. The molecule has 0 radical (unpaired) electrons. The molecular weight excluding hydrogens is 471 g/mol. The lowest BCUT2D eigenvalue weighted by Crippen LogP contribution is -2.30. The van der Waals surface area contributed by atoms with Crippen LogP contribution in [-0.4, -0.2) is 36.8 Å². The van der Waals surface area contributed by atoms with Crippen molar-refractivity contribution in [3.05, 3.63) is 33.4 Å². The summed E-state index contributed by atoms with van der Waals surface area (Å²) in [6.07, 6.45) is 8.15. The molecule has 1 aromatic carbocycles. The standard InChI is InChI=1S/C21H21IN2O4/c1-3-28-18-14(22)8-11(9-15(18)27-2)10-23-24-19(25)16-12-4-5-13(17(16)20(24)26)21(12)6-7-21/h4-5,8-10,12-13,16-17H,3,6-7H2,1-2H3/b23-10-/t12-,13-,16-,17+/m1/s1. The van der Waals surface area contributed by atoms with Crippen LogP contribution in [0.1, 0.15) is 25.3 Å². The molecule has 5 rings (SSSR count). The fourth-order valence-corrected chi connectivity index (χ4v) is 6.18. The third-order valence-corrected chi connectivity index (χ3v) is 7.49. The number of imide groups is 1. The second-order valence-corrected chi connectivity index (χ2v) is 9.08. The lowest BCUT2D eigenvalue weighted by molar-refractivity contribution is -0.141. The van der Waals surface area contributed by atoms with Crippen LogP contribution in [0.2, 0.25) is 0 Å². The Kier molecular flexibility index (Phi) is 4.08. The highest BCUT2D eigenvalue weighted by atomic mass is 127. The average Bonchev–Trinajstić information content (AvgIpc) is 3.28. The third-order valence-electron chi connectivity index (χ3n) is 6.69. The third kappa shape index (κ3) is 2.34. The largest absolute Gasteiger partial charge is 0.493 e. The van der Waals surface area contributed by atoms with E-state index >= 15 is 0 Å². The number of hydrazone groups is 1. The second-order valence-electron chi connectivity index (χ2n) is 7.92. The van der Waals surface area contributed by atoms with Crippen LogP contribution in [-0.2, 0) is 9.59 Å². The minimum Gasteiger partial charge on any atom is -0.493 e. The van der Waals surface area contributed by atoms with E-state index in [4.69, 9.17) is 9.47 Å². The van der Waals surface area contributed by atoms with Gasteiger partial charge in [-0.25, -0.2) is 0 Å². The van der Waals surface area contributed by atoms with E-state index in [9.17, 15) is 9.59 Å². The summed E-state index contributed by atoms with van der Waals surface area (Å²) >= 11 is 2.18. The Morgan fingerprint density at radius 3 is 2.39 bits per heavy atom. The number of amides is 2. The predicted molar refractivity (Wildman–Crippen MR) is 111 cm³/mol. The summed E-state index contributed by atoms with van der Waals surface area (Å²) in [5, 5.41) is 5.37. The summed E-state index contributed by atoms with van der Waals surface area (Å²) in [7, 11) is 1.58. The summed E-state index contributed by atoms with van der Waals surface area (Å²) in [6.45, 7) is 2.46. The van der Waals surface area contributed by atoms with Crippen molar-refractivity contribution in [2.45, 2.75) is 19.8 Å². The lowest BCUT2D eigenvalue weighted by Gasteiger charge is -2.18. The number of carbonyl (C=O) groups excluding carboxylic acids is 2. The van der Waals surface area contributed by atoms with Gasteiger partial charge in [0.2, 0.25) is 0 Å². The molecule has 1 heterocycles. The van der Waals surface area contributed by atoms with Gasteiger partial charge in [-0.15, -0.1) is 0 Å². The zero-order chi connectivity index (χ0) is 19.6. The molecule has 0 N–H and O–H groups in total. The Morgan fingerprint density at radius 2 is 1.86 bits per heavy atom. The number of allylic oxidation sites excluding steroid dienone is 2. The molecule has 1 aromatic rings. The number of ether oxygens (including phenoxy) is 2. The van der Waals surface area contributed by atoms with Crippen molar-refractivity contribution in [1.82, 2.24) is 5.01 Å². The molecule has 3 fully saturated rings. The summed E-state index contributed by atoms with van der Waals surface area (Å²) in [4.78, 5) is 25.9. The number of carbonyl (C=O) groups is 2. The molecule has 3 aliphatic carbocycles. The van der Waals surface area contributed by atoms with Crippen LogP contribution >= 0.6 is 22.6 Å². The lowest BCUT2D eigenvalue weighted by atomic mass is 9.85. The van der Waals surface area contributed by atoms with Gasteiger partial charge >= 0.3 is 0 Å². The normalized spacial score (nSPS) is 31.3. The van der Waals surface area contributed by atoms with Gasteiger partial charge in [-0.1, -0.05) is 12.2 Å². The molecule has 28 heavy (non-hydrogen) atoms. The number of methoxy groups -OCH3 is 1. The van der Waals surface area contributed by atoms with Gasteiger partial charge in [0.25, 0.3) is 11.8 Å². The van der Waals surface area contributed by atoms with E-state index in [0.717, 1.165) is 27.0 Å². The first kappa shape index (κ1) is 18.1. The number of nitrogens with zero attached hydrogens (tertiary/aromatic N) is 2. The van der Waals surface area contributed by atoms with Gasteiger partial charge in [0, 0.05) is 0 Å². The van der Waals surface area contributed by atoms with Crippen LogP contribution in [0.15, 0.2) is 29.4 Å². The highest BCUT2D eigenvalue weighted by Crippen LogP contribution is 2.73. The van der Waals surface area contributed by atoms with Crippen molar-refractivity contribution in [3.8, 4) is 11.5 Å². The van der Waals surface area contributed by atoms with Crippen molar-refractivity contribution >= 4 is 40.6 Å². The Labute approximate surface area is 177 Å². The Hall–Kier alpha value is -1.90. The maximum atomic E-state index is 13.0. The molecule has 4 aliphatic rings. The van der Waals surface area contributed by atoms with Crippen LogP contribution in [0, 0.1) is 32.7 Å². The Bertz CT molecular complexity index is 903. The summed E-state index contributed by atoms with van der Waals surface area (Å²) in [5.74, 6) is 0.960. The minimum atomic E-state index is -0.225. The van der Waals surface area contributed by atoms with E-state index in [1.807, 2.05) is 13.0 Å². The molecule has 2 bridgehead atoms. The molecule has 7 heteroatoms. The quantitative estimate of drug-likeness (QED) is 0.274. The highest BCUT2D eigenvalue weighted by molar-refractivity contribution is 14.1. The smallest absolute Gasteiger partial charge is 0.254 e. The molecule has 146 valence electrons. The zero-order valence-electron chi connectivity index (χ0n) is 15.7. The fraction of sp³-hybridized carbons (Fsp3) is 0.476. The first-order valence-electron chi connectivity index (χ1n) is 9.62. The number of fused-ring (bicyclic) bond motifs is 3. The van der Waals surface area contributed by atoms with E-state index in [1.165, 1.54) is 0 Å². The van der Waals surface area contributed by atoms with Crippen LogP contribution in [0.5, 0.6) is 11.5 Å². The van der Waals surface area contributed by atoms with Gasteiger partial charge in [0.05, 0.1) is 35.3 Å².